The van der Waals surface area contributed by atoms with Gasteiger partial charge in [0.1, 0.15) is 0 Å². The number of hydrogen-bond donors (Lipinski definition) is 0. The maximum absolute atomic E-state index is 13.3. The zero-order chi connectivity index (χ0) is 45.3. The molecule has 1 fully saturated rings. The molecule has 1 aliphatic carbocycles. The van der Waals surface area contributed by atoms with Crippen LogP contribution in [0.4, 0.5) is 39.5 Å². The van der Waals surface area contributed by atoms with Gasteiger partial charge in [0, 0.05) is 9.52 Å². The molecule has 7 rings (SSSR count). The predicted molar refractivity (Wildman–Crippen MR) is 233 cm³/mol. The Bertz CT molecular complexity index is 2220. The van der Waals surface area contributed by atoms with Gasteiger partial charge in [-0.2, -0.15) is 51.6 Å². The summed E-state index contributed by atoms with van der Waals surface area (Å²) in [6.07, 6.45) is -13.7. The van der Waals surface area contributed by atoms with Crippen LogP contribution in [-0.2, 0) is 32.7 Å². The van der Waals surface area contributed by atoms with Crippen molar-refractivity contribution in [1.82, 2.24) is 0 Å². The molecule has 0 aromatic heterocycles. The maximum atomic E-state index is 13.3. The molecule has 6 aromatic carbocycles. The Morgan fingerprint density at radius 1 is 0.656 bits per heavy atom. The molecule has 2 radical (unpaired) electrons. The SMILES string of the molecule is CC1CCC(c2cc3c(-c4ccc(C(C)C)cc4)cccc3[cH-]2)CC1.CCc1cc2c(-c3ccc(C(C(F)(F)F)(C(F)(F)F)C(F)(F)F)cc3)cccc2[cH-]1.C[Si]C.[Cl][Zr+2][Cl]. The van der Waals surface area contributed by atoms with Gasteiger partial charge in [-0.3, -0.25) is 0 Å². The number of hydrogen-bond acceptors (Lipinski definition) is 0. The van der Waals surface area contributed by atoms with Crippen LogP contribution in [0.5, 0.6) is 0 Å². The second-order valence-corrected chi connectivity index (χ2v) is 20.5. The number of alkyl halides is 9. The summed E-state index contributed by atoms with van der Waals surface area (Å²) in [5, 5.41) is 4.34. The predicted octanol–water partition coefficient (Wildman–Crippen LogP) is 17.5. The van der Waals surface area contributed by atoms with E-state index < -0.39 is 50.4 Å². The van der Waals surface area contributed by atoms with Gasteiger partial charge in [0.05, 0.1) is 0 Å². The van der Waals surface area contributed by atoms with Gasteiger partial charge >= 0.3 is 56.4 Å². The van der Waals surface area contributed by atoms with Crippen molar-refractivity contribution in [2.24, 2.45) is 5.92 Å². The van der Waals surface area contributed by atoms with E-state index in [9.17, 15) is 39.5 Å². The summed E-state index contributed by atoms with van der Waals surface area (Å²) >= 11 is -0.826. The molecule has 1 aliphatic rings. The van der Waals surface area contributed by atoms with Crippen LogP contribution < -0.4 is 0 Å². The van der Waals surface area contributed by atoms with Crippen LogP contribution in [0, 0.1) is 5.92 Å². The van der Waals surface area contributed by atoms with Crippen LogP contribution in [-0.4, -0.2) is 28.0 Å². The van der Waals surface area contributed by atoms with Gasteiger partial charge in [-0.25, -0.2) is 0 Å². The second kappa shape index (κ2) is 21.7. The topological polar surface area (TPSA) is 0 Å². The van der Waals surface area contributed by atoms with Crippen LogP contribution >= 0.6 is 17.0 Å². The fourth-order valence-corrected chi connectivity index (χ4v) is 8.01. The molecule has 326 valence electrons. The number of halogens is 11. The number of fused-ring (bicyclic) bond motifs is 2. The molecule has 0 N–H and O–H groups in total. The minimum absolute atomic E-state index is 0.207. The number of rotatable bonds is 6. The Morgan fingerprint density at radius 2 is 1.08 bits per heavy atom. The van der Waals surface area contributed by atoms with Crippen LogP contribution in [0.25, 0.3) is 43.8 Å². The Morgan fingerprint density at radius 3 is 1.51 bits per heavy atom. The van der Waals surface area contributed by atoms with Crippen molar-refractivity contribution in [1.29, 1.82) is 0 Å². The average Bonchev–Trinajstić information content (AvgIpc) is 3.83. The van der Waals surface area contributed by atoms with E-state index in [-0.39, 0.29) is 17.7 Å². The molecular weight excluding hydrogens is 938 g/mol. The minimum atomic E-state index is -6.63. The van der Waals surface area contributed by atoms with Crippen LogP contribution in [0.15, 0.2) is 109 Å². The quantitative estimate of drug-likeness (QED) is 0.0886. The molecule has 0 amide bonds. The molecular formula is C48H49Cl2F9SiZr. The monoisotopic (exact) mass is 984 g/mol. The molecule has 0 aliphatic heterocycles. The van der Waals surface area contributed by atoms with E-state index in [1.165, 1.54) is 53.1 Å². The van der Waals surface area contributed by atoms with Crippen molar-refractivity contribution in [3.05, 3.63) is 131 Å². The first kappa shape index (κ1) is 50.8. The normalized spacial score (nSPS) is 15.9. The Labute approximate surface area is 374 Å². The van der Waals surface area contributed by atoms with E-state index in [1.54, 1.807) is 23.8 Å². The molecule has 0 unspecified atom stereocenters. The first-order chi connectivity index (χ1) is 28.7. The zero-order valence-corrected chi connectivity index (χ0v) is 39.8. The molecule has 0 bridgehead atoms. The molecule has 1 saturated carbocycles. The summed E-state index contributed by atoms with van der Waals surface area (Å²) in [7, 11) is 11.0. The molecule has 0 heterocycles. The molecule has 0 spiro atoms. The van der Waals surface area contributed by atoms with E-state index in [4.69, 9.17) is 17.0 Å². The van der Waals surface area contributed by atoms with Gasteiger partial charge in [-0.1, -0.05) is 125 Å². The summed E-state index contributed by atoms with van der Waals surface area (Å²) in [5.74, 6) is 2.26. The third-order valence-corrected chi connectivity index (χ3v) is 11.3. The summed E-state index contributed by atoms with van der Waals surface area (Å²) in [6, 6.07) is 31.7. The average molecular weight is 987 g/mol. The third-order valence-electron chi connectivity index (χ3n) is 11.3. The Hall–Kier alpha value is -2.85. The first-order valence-corrected chi connectivity index (χ1v) is 28.4. The van der Waals surface area contributed by atoms with Crippen LogP contribution in [0.1, 0.15) is 87.5 Å². The number of benzene rings is 4. The zero-order valence-electron chi connectivity index (χ0n) is 34.8. The molecule has 61 heavy (non-hydrogen) atoms. The van der Waals surface area contributed by atoms with Crippen LogP contribution in [0.3, 0.4) is 0 Å². The Kier molecular flexibility index (Phi) is 18.1. The van der Waals surface area contributed by atoms with Gasteiger partial charge < -0.3 is 0 Å². The van der Waals surface area contributed by atoms with Crippen molar-refractivity contribution in [2.75, 3.05) is 0 Å². The van der Waals surface area contributed by atoms with Crippen molar-refractivity contribution >= 4 is 48.1 Å². The second-order valence-electron chi connectivity index (χ2n) is 15.7. The molecule has 0 atom stereocenters. The van der Waals surface area contributed by atoms with Crippen molar-refractivity contribution < 1.29 is 60.4 Å². The van der Waals surface area contributed by atoms with Gasteiger partial charge in [0.2, 0.25) is 0 Å². The molecule has 13 heteroatoms. The van der Waals surface area contributed by atoms with E-state index in [2.05, 4.69) is 88.5 Å². The summed E-state index contributed by atoms with van der Waals surface area (Å²) in [5.41, 5.74) is -0.542. The first-order valence-electron chi connectivity index (χ1n) is 20.0. The summed E-state index contributed by atoms with van der Waals surface area (Å²) in [4.78, 5) is 0. The summed E-state index contributed by atoms with van der Waals surface area (Å²) in [6.45, 7) is 13.1. The van der Waals surface area contributed by atoms with Crippen molar-refractivity contribution in [3.8, 4) is 22.3 Å². The third kappa shape index (κ3) is 11.6. The van der Waals surface area contributed by atoms with Crippen LogP contribution in [0.2, 0.25) is 13.1 Å². The van der Waals surface area contributed by atoms with E-state index in [1.807, 2.05) is 19.1 Å². The Balaban J connectivity index is 0.000000241. The van der Waals surface area contributed by atoms with Crippen molar-refractivity contribution in [2.45, 2.75) is 109 Å². The van der Waals surface area contributed by atoms with Gasteiger partial charge in [0.15, 0.2) is 0 Å². The van der Waals surface area contributed by atoms with E-state index in [0.29, 0.717) is 23.3 Å². The van der Waals surface area contributed by atoms with Gasteiger partial charge in [0.25, 0.3) is 5.41 Å². The molecule has 6 aromatic rings. The van der Waals surface area contributed by atoms with E-state index >= 15 is 0 Å². The fourth-order valence-electron chi connectivity index (χ4n) is 8.01. The van der Waals surface area contributed by atoms with E-state index in [0.717, 1.165) is 44.4 Å². The molecule has 0 nitrogen and oxygen atoms in total. The standard InChI is InChI=1S/C25H29.C21H14F9.C2H6Si.2ClH.Zr/c1-17(2)19-11-13-21(14-12-19)24-6-4-5-22-15-23(16-25(22)24)20-9-7-18(3)8-10-20;1-2-12-10-14-4-3-5-16(17(14)11-12)13-6-8-15(9-7-13)18(19(22,23)24,20(25,26)27)21(28,29)30;1-3-2;;;/h4-6,11-18,20H,7-10H2,1-3H3;3-11H,2H2,1H3;1-2H3;2*1H;/q2*-1;;;;+4/p-2. The van der Waals surface area contributed by atoms with Gasteiger partial charge in [-0.05, 0) is 59.3 Å². The van der Waals surface area contributed by atoms with Gasteiger partial charge in [-0.15, -0.1) is 69.1 Å². The number of aryl methyl sites for hydroxylation is 1. The molecule has 0 saturated heterocycles. The summed E-state index contributed by atoms with van der Waals surface area (Å²) < 4.78 is 120. The fraction of sp³-hybridized carbons (Fsp3) is 0.375. The van der Waals surface area contributed by atoms with Crippen molar-refractivity contribution in [3.63, 3.8) is 0 Å².